The lowest BCUT2D eigenvalue weighted by atomic mass is 10.3. The normalized spacial score (nSPS) is 13.8. The Hall–Kier alpha value is -1.75. The van der Waals surface area contributed by atoms with Crippen LogP contribution in [-0.2, 0) is 4.79 Å². The van der Waals surface area contributed by atoms with E-state index in [-0.39, 0.29) is 5.91 Å². The number of carbonyl (C=O) groups excluding carboxylic acids is 1. The Morgan fingerprint density at radius 1 is 1.20 bits per heavy atom. The van der Waals surface area contributed by atoms with Crippen molar-refractivity contribution in [2.75, 3.05) is 26.8 Å². The van der Waals surface area contributed by atoms with Gasteiger partial charge >= 0.3 is 0 Å². The van der Waals surface area contributed by atoms with E-state index in [0.717, 1.165) is 30.9 Å². The van der Waals surface area contributed by atoms with Crippen LogP contribution < -0.4 is 20.1 Å². The summed E-state index contributed by atoms with van der Waals surface area (Å²) >= 11 is 0. The predicted octanol–water partition coefficient (Wildman–Crippen LogP) is 1.33. The van der Waals surface area contributed by atoms with E-state index in [9.17, 15) is 4.79 Å². The molecule has 1 aromatic rings. The maximum Gasteiger partial charge on any atom is 0.221 e. The number of rotatable bonds is 9. The average molecular weight is 278 g/mol. The summed E-state index contributed by atoms with van der Waals surface area (Å²) in [6, 6.07) is 7.93. The molecule has 20 heavy (non-hydrogen) atoms. The maximum absolute atomic E-state index is 11.4. The van der Waals surface area contributed by atoms with Crippen LogP contribution in [0.15, 0.2) is 24.3 Å². The van der Waals surface area contributed by atoms with Crippen LogP contribution in [0.1, 0.15) is 19.3 Å². The number of hydrogen-bond donors (Lipinski definition) is 2. The van der Waals surface area contributed by atoms with Gasteiger partial charge in [0.1, 0.15) is 18.1 Å². The molecular formula is C15H22N2O3. The van der Waals surface area contributed by atoms with E-state index in [4.69, 9.17) is 9.47 Å². The molecule has 0 unspecified atom stereocenters. The fourth-order valence-electron chi connectivity index (χ4n) is 1.77. The molecular weight excluding hydrogens is 256 g/mol. The van der Waals surface area contributed by atoms with Crippen LogP contribution >= 0.6 is 0 Å². The molecule has 2 N–H and O–H groups in total. The molecule has 5 heteroatoms. The molecule has 1 amide bonds. The van der Waals surface area contributed by atoms with Gasteiger partial charge in [-0.2, -0.15) is 0 Å². The SMILES string of the molecule is COc1ccc(OCCNCCC(=O)NC2CC2)cc1. The third-order valence-corrected chi connectivity index (χ3v) is 3.08. The molecule has 1 aliphatic carbocycles. The van der Waals surface area contributed by atoms with Crippen molar-refractivity contribution in [1.82, 2.24) is 10.6 Å². The molecule has 0 radical (unpaired) electrons. The van der Waals surface area contributed by atoms with E-state index >= 15 is 0 Å². The molecule has 0 spiro atoms. The fourth-order valence-corrected chi connectivity index (χ4v) is 1.77. The van der Waals surface area contributed by atoms with E-state index in [1.165, 1.54) is 0 Å². The monoisotopic (exact) mass is 278 g/mol. The highest BCUT2D eigenvalue weighted by Gasteiger charge is 2.22. The van der Waals surface area contributed by atoms with Crippen molar-refractivity contribution in [2.45, 2.75) is 25.3 Å². The number of benzene rings is 1. The highest BCUT2D eigenvalue weighted by Crippen LogP contribution is 2.18. The molecule has 5 nitrogen and oxygen atoms in total. The van der Waals surface area contributed by atoms with Gasteiger partial charge in [0.05, 0.1) is 7.11 Å². The molecule has 1 aliphatic rings. The number of amides is 1. The Labute approximate surface area is 119 Å². The number of methoxy groups -OCH3 is 1. The van der Waals surface area contributed by atoms with Crippen LogP contribution in [0.3, 0.4) is 0 Å². The summed E-state index contributed by atoms with van der Waals surface area (Å²) in [4.78, 5) is 11.4. The molecule has 1 aromatic carbocycles. The van der Waals surface area contributed by atoms with E-state index in [0.29, 0.717) is 25.6 Å². The predicted molar refractivity (Wildman–Crippen MR) is 77.1 cm³/mol. The number of nitrogens with one attached hydrogen (secondary N) is 2. The minimum absolute atomic E-state index is 0.135. The number of carbonyl (C=O) groups is 1. The topological polar surface area (TPSA) is 59.6 Å². The average Bonchev–Trinajstić information content (AvgIpc) is 3.27. The summed E-state index contributed by atoms with van der Waals surface area (Å²) in [5, 5.41) is 6.15. The first kappa shape index (κ1) is 14.7. The highest BCUT2D eigenvalue weighted by molar-refractivity contribution is 5.76. The Kier molecular flexibility index (Phi) is 5.68. The fraction of sp³-hybridized carbons (Fsp3) is 0.533. The van der Waals surface area contributed by atoms with Crippen LogP contribution in [0.5, 0.6) is 11.5 Å². The molecule has 0 heterocycles. The van der Waals surface area contributed by atoms with Gasteiger partial charge in [-0.25, -0.2) is 0 Å². The van der Waals surface area contributed by atoms with Gasteiger partial charge in [0.2, 0.25) is 5.91 Å². The van der Waals surface area contributed by atoms with Crippen molar-refractivity contribution in [1.29, 1.82) is 0 Å². The van der Waals surface area contributed by atoms with Crippen LogP contribution in [0.2, 0.25) is 0 Å². The highest BCUT2D eigenvalue weighted by atomic mass is 16.5. The van der Waals surface area contributed by atoms with E-state index in [1.54, 1.807) is 7.11 Å². The smallest absolute Gasteiger partial charge is 0.221 e. The second kappa shape index (κ2) is 7.75. The molecule has 0 atom stereocenters. The third-order valence-electron chi connectivity index (χ3n) is 3.08. The summed E-state index contributed by atoms with van der Waals surface area (Å²) < 4.78 is 10.6. The van der Waals surface area contributed by atoms with Gasteiger partial charge in [-0.1, -0.05) is 0 Å². The lowest BCUT2D eigenvalue weighted by molar-refractivity contribution is -0.121. The summed E-state index contributed by atoms with van der Waals surface area (Å²) in [6.07, 6.45) is 2.79. The first-order valence-electron chi connectivity index (χ1n) is 7.05. The molecule has 0 saturated heterocycles. The Morgan fingerprint density at radius 2 is 1.90 bits per heavy atom. The lowest BCUT2D eigenvalue weighted by Gasteiger charge is -2.08. The molecule has 0 aromatic heterocycles. The molecule has 1 saturated carbocycles. The minimum atomic E-state index is 0.135. The van der Waals surface area contributed by atoms with Crippen LogP contribution in [-0.4, -0.2) is 38.8 Å². The molecule has 0 bridgehead atoms. The first-order valence-corrected chi connectivity index (χ1v) is 7.05. The summed E-state index contributed by atoms with van der Waals surface area (Å²) in [5.74, 6) is 1.77. The molecule has 0 aliphatic heterocycles. The molecule has 2 rings (SSSR count). The van der Waals surface area contributed by atoms with Gasteiger partial charge in [0.25, 0.3) is 0 Å². The quantitative estimate of drug-likeness (QED) is 0.669. The summed E-state index contributed by atoms with van der Waals surface area (Å²) in [7, 11) is 1.64. The van der Waals surface area contributed by atoms with Gasteiger partial charge in [0, 0.05) is 25.6 Å². The van der Waals surface area contributed by atoms with Crippen molar-refractivity contribution in [2.24, 2.45) is 0 Å². The van der Waals surface area contributed by atoms with Gasteiger partial charge < -0.3 is 20.1 Å². The minimum Gasteiger partial charge on any atom is -0.497 e. The van der Waals surface area contributed by atoms with Crippen LogP contribution in [0.25, 0.3) is 0 Å². The second-order valence-corrected chi connectivity index (χ2v) is 4.87. The van der Waals surface area contributed by atoms with Crippen molar-refractivity contribution in [3.8, 4) is 11.5 Å². The summed E-state index contributed by atoms with van der Waals surface area (Å²) in [5.41, 5.74) is 0. The number of hydrogen-bond acceptors (Lipinski definition) is 4. The molecule has 1 fully saturated rings. The Balaban J connectivity index is 1.49. The Morgan fingerprint density at radius 3 is 2.55 bits per heavy atom. The Bertz CT molecular complexity index is 416. The van der Waals surface area contributed by atoms with Gasteiger partial charge in [0.15, 0.2) is 0 Å². The van der Waals surface area contributed by atoms with Crippen LogP contribution in [0, 0.1) is 0 Å². The zero-order valence-corrected chi connectivity index (χ0v) is 11.9. The standard InChI is InChI=1S/C15H22N2O3/c1-19-13-4-6-14(7-5-13)20-11-10-16-9-8-15(18)17-12-2-3-12/h4-7,12,16H,2-3,8-11H2,1H3,(H,17,18). The van der Waals surface area contributed by atoms with E-state index in [2.05, 4.69) is 10.6 Å². The maximum atomic E-state index is 11.4. The van der Waals surface area contributed by atoms with Crippen molar-refractivity contribution in [3.05, 3.63) is 24.3 Å². The third kappa shape index (κ3) is 5.48. The van der Waals surface area contributed by atoms with E-state index < -0.39 is 0 Å². The first-order chi connectivity index (χ1) is 9.78. The zero-order chi connectivity index (χ0) is 14.2. The van der Waals surface area contributed by atoms with Crippen molar-refractivity contribution in [3.63, 3.8) is 0 Å². The van der Waals surface area contributed by atoms with Crippen molar-refractivity contribution < 1.29 is 14.3 Å². The van der Waals surface area contributed by atoms with Gasteiger partial charge in [-0.15, -0.1) is 0 Å². The largest absolute Gasteiger partial charge is 0.497 e. The van der Waals surface area contributed by atoms with Crippen molar-refractivity contribution >= 4 is 5.91 Å². The summed E-state index contributed by atoms with van der Waals surface area (Å²) in [6.45, 7) is 1.99. The molecule has 110 valence electrons. The zero-order valence-electron chi connectivity index (χ0n) is 11.9. The second-order valence-electron chi connectivity index (χ2n) is 4.87. The van der Waals surface area contributed by atoms with E-state index in [1.807, 2.05) is 24.3 Å². The van der Waals surface area contributed by atoms with Gasteiger partial charge in [-0.3, -0.25) is 4.79 Å². The lowest BCUT2D eigenvalue weighted by Crippen LogP contribution is -2.30. The van der Waals surface area contributed by atoms with Crippen LogP contribution in [0.4, 0.5) is 0 Å². The van der Waals surface area contributed by atoms with Gasteiger partial charge in [-0.05, 0) is 37.1 Å². The number of ether oxygens (including phenoxy) is 2.